The van der Waals surface area contributed by atoms with Crippen LogP contribution < -0.4 is 16.0 Å². The SMILES string of the molecule is COc1ccccc1-c1nccc2nc(NO)c(C(=N)N)cc12. The number of nitrogens with one attached hydrogen (secondary N) is 2. The minimum Gasteiger partial charge on any atom is -0.496 e. The number of anilines is 1. The Hall–Kier alpha value is -3.19. The third-order valence-electron chi connectivity index (χ3n) is 3.50. The fraction of sp³-hybridized carbons (Fsp3) is 0.0625. The van der Waals surface area contributed by atoms with E-state index in [1.54, 1.807) is 25.4 Å². The van der Waals surface area contributed by atoms with Crippen molar-refractivity contribution in [2.75, 3.05) is 12.6 Å². The molecule has 0 aliphatic heterocycles. The van der Waals surface area contributed by atoms with E-state index in [2.05, 4.69) is 9.97 Å². The molecule has 3 aromatic rings. The molecule has 0 fully saturated rings. The van der Waals surface area contributed by atoms with Gasteiger partial charge in [0.05, 0.1) is 23.9 Å². The molecule has 0 aliphatic carbocycles. The number of nitrogens with zero attached hydrogens (tertiary/aromatic N) is 2. The molecular formula is C16H15N5O2. The van der Waals surface area contributed by atoms with Gasteiger partial charge in [-0.05, 0) is 24.3 Å². The van der Waals surface area contributed by atoms with Gasteiger partial charge in [0.2, 0.25) is 0 Å². The Morgan fingerprint density at radius 1 is 1.30 bits per heavy atom. The van der Waals surface area contributed by atoms with E-state index in [0.29, 0.717) is 27.9 Å². The lowest BCUT2D eigenvalue weighted by atomic mass is 10.0. The second-order valence-electron chi connectivity index (χ2n) is 4.84. The van der Waals surface area contributed by atoms with Crippen LogP contribution in [0.1, 0.15) is 5.56 Å². The number of rotatable bonds is 4. The molecule has 0 atom stereocenters. The van der Waals surface area contributed by atoms with Gasteiger partial charge in [-0.2, -0.15) is 0 Å². The number of pyridine rings is 2. The van der Waals surface area contributed by atoms with E-state index in [-0.39, 0.29) is 11.7 Å². The lowest BCUT2D eigenvalue weighted by Gasteiger charge is -2.12. The minimum absolute atomic E-state index is 0.127. The largest absolute Gasteiger partial charge is 0.496 e. The van der Waals surface area contributed by atoms with E-state index in [1.807, 2.05) is 29.7 Å². The number of ether oxygens (including phenoxy) is 1. The van der Waals surface area contributed by atoms with Crippen LogP contribution in [0.15, 0.2) is 42.6 Å². The van der Waals surface area contributed by atoms with Crippen molar-refractivity contribution in [1.82, 2.24) is 9.97 Å². The number of fused-ring (bicyclic) bond motifs is 1. The summed E-state index contributed by atoms with van der Waals surface area (Å²) in [7, 11) is 1.59. The third kappa shape index (κ3) is 2.53. The molecule has 0 amide bonds. The van der Waals surface area contributed by atoms with Crippen LogP contribution in [0.4, 0.5) is 5.82 Å². The van der Waals surface area contributed by atoms with Crippen LogP contribution in [0.5, 0.6) is 5.75 Å². The maximum Gasteiger partial charge on any atom is 0.161 e. The van der Waals surface area contributed by atoms with E-state index < -0.39 is 0 Å². The van der Waals surface area contributed by atoms with Crippen molar-refractivity contribution in [1.29, 1.82) is 5.41 Å². The fourth-order valence-corrected chi connectivity index (χ4v) is 2.44. The average molecular weight is 309 g/mol. The number of para-hydroxylation sites is 1. The molecule has 2 aromatic heterocycles. The molecule has 0 saturated heterocycles. The van der Waals surface area contributed by atoms with Gasteiger partial charge in [-0.3, -0.25) is 21.1 Å². The number of amidine groups is 1. The second kappa shape index (κ2) is 5.90. The number of nitrogen functional groups attached to an aromatic ring is 1. The summed E-state index contributed by atoms with van der Waals surface area (Å²) >= 11 is 0. The number of hydrogen-bond donors (Lipinski definition) is 4. The number of aromatic nitrogens is 2. The van der Waals surface area contributed by atoms with Crippen molar-refractivity contribution in [2.45, 2.75) is 0 Å². The van der Waals surface area contributed by atoms with Gasteiger partial charge in [0, 0.05) is 17.1 Å². The van der Waals surface area contributed by atoms with E-state index in [1.165, 1.54) is 0 Å². The first kappa shape index (κ1) is 14.7. The van der Waals surface area contributed by atoms with E-state index >= 15 is 0 Å². The van der Waals surface area contributed by atoms with Gasteiger partial charge in [-0.25, -0.2) is 4.98 Å². The van der Waals surface area contributed by atoms with Crippen LogP contribution in [0, 0.1) is 5.41 Å². The maximum absolute atomic E-state index is 9.19. The summed E-state index contributed by atoms with van der Waals surface area (Å²) in [6, 6.07) is 10.9. The zero-order valence-corrected chi connectivity index (χ0v) is 12.4. The van der Waals surface area contributed by atoms with Crippen molar-refractivity contribution in [3.05, 3.63) is 48.2 Å². The number of benzene rings is 1. The molecule has 0 radical (unpaired) electrons. The first-order chi connectivity index (χ1) is 11.2. The Bertz CT molecular complexity index is 895. The van der Waals surface area contributed by atoms with Gasteiger partial charge in [-0.1, -0.05) is 12.1 Å². The predicted octanol–water partition coefficient (Wildman–Crippen LogP) is 2.39. The molecule has 7 nitrogen and oxygen atoms in total. The Balaban J connectivity index is 2.34. The summed E-state index contributed by atoms with van der Waals surface area (Å²) in [6.07, 6.45) is 1.63. The van der Waals surface area contributed by atoms with E-state index in [4.69, 9.17) is 15.9 Å². The normalized spacial score (nSPS) is 10.5. The Morgan fingerprint density at radius 3 is 2.78 bits per heavy atom. The highest BCUT2D eigenvalue weighted by Gasteiger charge is 2.15. The van der Waals surface area contributed by atoms with E-state index in [9.17, 15) is 5.21 Å². The summed E-state index contributed by atoms with van der Waals surface area (Å²) in [5.74, 6) is 0.606. The van der Waals surface area contributed by atoms with Gasteiger partial charge in [0.25, 0.3) is 0 Å². The van der Waals surface area contributed by atoms with Gasteiger partial charge in [-0.15, -0.1) is 0 Å². The van der Waals surface area contributed by atoms with Crippen LogP contribution in [0.3, 0.4) is 0 Å². The van der Waals surface area contributed by atoms with Crippen LogP contribution in [-0.4, -0.2) is 28.1 Å². The standard InChI is InChI=1S/C16H15N5O2/c1-23-13-5-3-2-4-9(13)14-10-8-11(15(17)18)16(21-22)20-12(10)6-7-19-14/h2-8,22H,1H3,(H3,17,18)(H,20,21). The Morgan fingerprint density at radius 2 is 2.09 bits per heavy atom. The summed E-state index contributed by atoms with van der Waals surface area (Å²) in [5, 5.41) is 17.6. The van der Waals surface area contributed by atoms with Gasteiger partial charge >= 0.3 is 0 Å². The first-order valence-corrected chi connectivity index (χ1v) is 6.83. The molecule has 5 N–H and O–H groups in total. The quantitative estimate of drug-likeness (QED) is 0.334. The number of methoxy groups -OCH3 is 1. The van der Waals surface area contributed by atoms with Crippen LogP contribution in [-0.2, 0) is 0 Å². The van der Waals surface area contributed by atoms with Gasteiger partial charge in [0.15, 0.2) is 5.82 Å². The van der Waals surface area contributed by atoms with Crippen molar-refractivity contribution < 1.29 is 9.94 Å². The molecule has 0 aliphatic rings. The number of hydrogen-bond acceptors (Lipinski definition) is 6. The van der Waals surface area contributed by atoms with Crippen molar-refractivity contribution in [3.63, 3.8) is 0 Å². The van der Waals surface area contributed by atoms with Crippen molar-refractivity contribution in [2.24, 2.45) is 5.73 Å². The minimum atomic E-state index is -0.203. The molecule has 116 valence electrons. The highest BCUT2D eigenvalue weighted by atomic mass is 16.5. The van der Waals surface area contributed by atoms with Crippen molar-refractivity contribution in [3.8, 4) is 17.0 Å². The maximum atomic E-state index is 9.19. The van der Waals surface area contributed by atoms with Crippen LogP contribution in [0.2, 0.25) is 0 Å². The molecule has 1 aromatic carbocycles. The van der Waals surface area contributed by atoms with Gasteiger partial charge < -0.3 is 10.5 Å². The van der Waals surface area contributed by atoms with E-state index in [0.717, 1.165) is 5.56 Å². The third-order valence-corrected chi connectivity index (χ3v) is 3.50. The second-order valence-corrected chi connectivity index (χ2v) is 4.84. The molecule has 2 heterocycles. The zero-order valence-electron chi connectivity index (χ0n) is 12.4. The topological polar surface area (TPSA) is 117 Å². The van der Waals surface area contributed by atoms with Crippen LogP contribution >= 0.6 is 0 Å². The van der Waals surface area contributed by atoms with Gasteiger partial charge in [0.1, 0.15) is 11.6 Å². The predicted molar refractivity (Wildman–Crippen MR) is 88.0 cm³/mol. The van der Waals surface area contributed by atoms with Crippen molar-refractivity contribution >= 4 is 22.6 Å². The Labute approximate surface area is 132 Å². The smallest absolute Gasteiger partial charge is 0.161 e. The average Bonchev–Trinajstić information content (AvgIpc) is 2.59. The highest BCUT2D eigenvalue weighted by molar-refractivity contribution is 6.05. The lowest BCUT2D eigenvalue weighted by molar-refractivity contribution is 0.386. The molecule has 0 spiro atoms. The summed E-state index contributed by atoms with van der Waals surface area (Å²) in [5.41, 5.74) is 9.93. The molecule has 0 saturated carbocycles. The first-order valence-electron chi connectivity index (χ1n) is 6.83. The molecule has 3 rings (SSSR count). The molecule has 23 heavy (non-hydrogen) atoms. The Kier molecular flexibility index (Phi) is 3.78. The summed E-state index contributed by atoms with van der Waals surface area (Å²) in [4.78, 5) is 8.72. The summed E-state index contributed by atoms with van der Waals surface area (Å²) in [6.45, 7) is 0. The number of nitrogens with two attached hydrogens (primary N) is 1. The molecule has 7 heteroatoms. The lowest BCUT2D eigenvalue weighted by Crippen LogP contribution is -2.15. The summed E-state index contributed by atoms with van der Waals surface area (Å²) < 4.78 is 5.39. The monoisotopic (exact) mass is 309 g/mol. The van der Waals surface area contributed by atoms with Crippen LogP contribution in [0.25, 0.3) is 22.2 Å². The molecule has 0 unspecified atom stereocenters. The fourth-order valence-electron chi connectivity index (χ4n) is 2.44. The highest BCUT2D eigenvalue weighted by Crippen LogP contribution is 2.33. The molecule has 0 bridgehead atoms. The molecular weight excluding hydrogens is 294 g/mol. The zero-order chi connectivity index (χ0) is 16.4.